The Bertz CT molecular complexity index is 2640. The average molecular weight is 787 g/mol. The Balaban J connectivity index is 1.14. The molecule has 0 unspecified atom stereocenters. The van der Waals surface area contributed by atoms with Gasteiger partial charge in [0.15, 0.2) is 5.78 Å². The van der Waals surface area contributed by atoms with Crippen LogP contribution in [0.4, 0.5) is 0 Å². The minimum Gasteiger partial charge on any atom is -0.497 e. The van der Waals surface area contributed by atoms with E-state index in [0.717, 1.165) is 6.07 Å². The Morgan fingerprint density at radius 3 is 1.15 bits per heavy atom. The lowest BCUT2D eigenvalue weighted by Crippen LogP contribution is -2.06. The highest BCUT2D eigenvalue weighted by Gasteiger charge is 2.23. The van der Waals surface area contributed by atoms with Crippen LogP contribution in [-0.4, -0.2) is 49.8 Å². The molecule has 0 saturated heterocycles. The topological polar surface area (TPSA) is 177 Å². The lowest BCUT2D eigenvalue weighted by atomic mass is 10.0. The third-order valence-corrected chi connectivity index (χ3v) is 12.5. The molecule has 54 heavy (non-hydrogen) atoms. The standard InChI is InChI=1S/C39H30O12S3/c1-48-28-8-16-33(17-9-28)52(41,42)35-20-12-31(13-21-35)50-30-6-3-26(4-7-30)39(40)27-5-24-37(38(25-27)54(45,46)47)51-32-14-22-36(23-15-32)53(43,44)34-18-10-29(49-2)11-19-34/h3-25H,1-2H3,(H,45,46,47). The molecule has 0 aliphatic carbocycles. The zero-order valence-electron chi connectivity index (χ0n) is 28.4. The van der Waals surface area contributed by atoms with E-state index in [-0.39, 0.29) is 42.2 Å². The SMILES string of the molecule is COc1ccc(S(=O)(=O)c2ccc(Oc3ccc(C(=O)c4ccc(Oc5ccc(S(=O)(=O)c6ccc(OC)cc6)cc5)c(S(=O)(=O)O)c4)cc3)cc2)cc1. The summed E-state index contributed by atoms with van der Waals surface area (Å²) in [5, 5.41) is 0. The molecule has 15 heteroatoms. The van der Waals surface area contributed by atoms with Crippen molar-refractivity contribution in [2.75, 3.05) is 14.2 Å². The van der Waals surface area contributed by atoms with Crippen molar-refractivity contribution in [3.63, 3.8) is 0 Å². The van der Waals surface area contributed by atoms with E-state index in [0.29, 0.717) is 23.0 Å². The van der Waals surface area contributed by atoms with Gasteiger partial charge >= 0.3 is 0 Å². The van der Waals surface area contributed by atoms with Crippen LogP contribution in [0.25, 0.3) is 0 Å². The number of hydrogen-bond acceptors (Lipinski definition) is 11. The van der Waals surface area contributed by atoms with Gasteiger partial charge < -0.3 is 18.9 Å². The zero-order valence-corrected chi connectivity index (χ0v) is 30.9. The monoisotopic (exact) mass is 786 g/mol. The molecular weight excluding hydrogens is 757 g/mol. The summed E-state index contributed by atoms with van der Waals surface area (Å²) < 4.78 is 108. The molecule has 0 aliphatic rings. The molecule has 0 heterocycles. The third kappa shape index (κ3) is 8.14. The van der Waals surface area contributed by atoms with Crippen LogP contribution in [0.1, 0.15) is 15.9 Å². The van der Waals surface area contributed by atoms with Crippen molar-refractivity contribution in [3.8, 4) is 34.5 Å². The fraction of sp³-hybridized carbons (Fsp3) is 0.0513. The Morgan fingerprint density at radius 1 is 0.444 bits per heavy atom. The minimum atomic E-state index is -4.88. The number of ether oxygens (including phenoxy) is 4. The van der Waals surface area contributed by atoms with Gasteiger partial charge in [0.05, 0.1) is 33.8 Å². The van der Waals surface area contributed by atoms with Crippen molar-refractivity contribution < 1.29 is 53.5 Å². The van der Waals surface area contributed by atoms with Gasteiger partial charge in [-0.1, -0.05) is 0 Å². The number of methoxy groups -OCH3 is 2. The quantitative estimate of drug-likeness (QED) is 0.0906. The average Bonchev–Trinajstić information content (AvgIpc) is 3.18. The summed E-state index contributed by atoms with van der Waals surface area (Å²) in [5.41, 5.74) is 0.102. The van der Waals surface area contributed by atoms with Gasteiger partial charge in [-0.25, -0.2) is 16.8 Å². The first-order chi connectivity index (χ1) is 25.7. The molecule has 0 aliphatic heterocycles. The second-order valence-electron chi connectivity index (χ2n) is 11.5. The summed E-state index contributed by atoms with van der Waals surface area (Å²) in [6.45, 7) is 0. The van der Waals surface area contributed by atoms with Crippen molar-refractivity contribution in [1.82, 2.24) is 0 Å². The molecule has 0 bridgehead atoms. The fourth-order valence-electron chi connectivity index (χ4n) is 5.19. The predicted octanol–water partition coefficient (Wildman–Crippen LogP) is 7.43. The van der Waals surface area contributed by atoms with Crippen molar-refractivity contribution in [2.45, 2.75) is 24.5 Å². The van der Waals surface area contributed by atoms with E-state index in [1.807, 2.05) is 0 Å². The maximum absolute atomic E-state index is 13.3. The van der Waals surface area contributed by atoms with Gasteiger partial charge in [0.1, 0.15) is 39.4 Å². The van der Waals surface area contributed by atoms with Gasteiger partial charge in [0.2, 0.25) is 19.7 Å². The molecule has 6 aromatic rings. The Kier molecular flexibility index (Phi) is 10.6. The molecule has 6 rings (SSSR count). The summed E-state index contributed by atoms with van der Waals surface area (Å²) in [5.74, 6) is 0.890. The number of hydrogen-bond donors (Lipinski definition) is 1. The van der Waals surface area contributed by atoms with Crippen LogP contribution in [-0.2, 0) is 29.8 Å². The van der Waals surface area contributed by atoms with E-state index < -0.39 is 40.5 Å². The fourth-order valence-corrected chi connectivity index (χ4v) is 8.36. The van der Waals surface area contributed by atoms with Crippen molar-refractivity contribution in [1.29, 1.82) is 0 Å². The number of ketones is 1. The van der Waals surface area contributed by atoms with Crippen molar-refractivity contribution >= 4 is 35.6 Å². The number of rotatable bonds is 13. The number of benzene rings is 6. The van der Waals surface area contributed by atoms with Gasteiger partial charge in [-0.15, -0.1) is 0 Å². The molecular formula is C39H30O12S3. The maximum atomic E-state index is 13.3. The van der Waals surface area contributed by atoms with E-state index in [4.69, 9.17) is 18.9 Å². The summed E-state index contributed by atoms with van der Waals surface area (Å²) in [7, 11) is -9.59. The van der Waals surface area contributed by atoms with Gasteiger partial charge in [-0.05, 0) is 140 Å². The van der Waals surface area contributed by atoms with Gasteiger partial charge in [0.25, 0.3) is 10.1 Å². The van der Waals surface area contributed by atoms with Gasteiger partial charge in [-0.3, -0.25) is 9.35 Å². The van der Waals surface area contributed by atoms with Crippen molar-refractivity contribution in [3.05, 3.63) is 151 Å². The van der Waals surface area contributed by atoms with E-state index >= 15 is 0 Å². The largest absolute Gasteiger partial charge is 0.497 e. The molecule has 12 nitrogen and oxygen atoms in total. The number of carbonyl (C=O) groups is 1. The molecule has 6 aromatic carbocycles. The lowest BCUT2D eigenvalue weighted by molar-refractivity contribution is 0.103. The summed E-state index contributed by atoms with van der Waals surface area (Å²) in [6, 6.07) is 32.3. The zero-order chi connectivity index (χ0) is 38.7. The Labute approximate surface area is 311 Å². The highest BCUT2D eigenvalue weighted by molar-refractivity contribution is 7.91. The van der Waals surface area contributed by atoms with Crippen LogP contribution in [0.15, 0.2) is 164 Å². The highest BCUT2D eigenvalue weighted by atomic mass is 32.2. The maximum Gasteiger partial charge on any atom is 0.298 e. The number of carbonyl (C=O) groups excluding carboxylic acids is 1. The van der Waals surface area contributed by atoms with Crippen LogP contribution in [0, 0.1) is 0 Å². The Morgan fingerprint density at radius 2 is 0.778 bits per heavy atom. The molecule has 0 aromatic heterocycles. The second-order valence-corrected chi connectivity index (χ2v) is 16.8. The molecule has 0 amide bonds. The second kappa shape index (κ2) is 15.2. The third-order valence-electron chi connectivity index (χ3n) is 8.07. The smallest absolute Gasteiger partial charge is 0.298 e. The molecule has 276 valence electrons. The molecule has 1 N–H and O–H groups in total. The van der Waals surface area contributed by atoms with Crippen LogP contribution in [0.3, 0.4) is 0 Å². The van der Waals surface area contributed by atoms with E-state index in [1.54, 1.807) is 12.1 Å². The summed E-state index contributed by atoms with van der Waals surface area (Å²) in [4.78, 5) is 12.8. The first-order valence-electron chi connectivity index (χ1n) is 15.8. The van der Waals surface area contributed by atoms with Crippen LogP contribution in [0.5, 0.6) is 34.5 Å². The van der Waals surface area contributed by atoms with E-state index in [2.05, 4.69) is 0 Å². The summed E-state index contributed by atoms with van der Waals surface area (Å²) in [6.07, 6.45) is 0. The van der Waals surface area contributed by atoms with E-state index in [1.165, 1.54) is 136 Å². The van der Waals surface area contributed by atoms with Crippen LogP contribution >= 0.6 is 0 Å². The van der Waals surface area contributed by atoms with Crippen LogP contribution < -0.4 is 18.9 Å². The Hall–Kier alpha value is -6.00. The molecule has 0 radical (unpaired) electrons. The minimum absolute atomic E-state index is 0.0403. The highest BCUT2D eigenvalue weighted by Crippen LogP contribution is 2.33. The molecule has 0 fully saturated rings. The van der Waals surface area contributed by atoms with Crippen LogP contribution in [0.2, 0.25) is 0 Å². The predicted molar refractivity (Wildman–Crippen MR) is 196 cm³/mol. The molecule has 0 saturated carbocycles. The normalized spacial score (nSPS) is 11.8. The first-order valence-corrected chi connectivity index (χ1v) is 20.2. The first kappa shape index (κ1) is 37.7. The van der Waals surface area contributed by atoms with Gasteiger partial charge in [0, 0.05) is 11.1 Å². The lowest BCUT2D eigenvalue weighted by Gasteiger charge is -2.12. The molecule has 0 atom stereocenters. The number of sulfone groups is 2. The van der Waals surface area contributed by atoms with E-state index in [9.17, 15) is 34.6 Å². The van der Waals surface area contributed by atoms with Crippen molar-refractivity contribution in [2.24, 2.45) is 0 Å². The summed E-state index contributed by atoms with van der Waals surface area (Å²) >= 11 is 0. The molecule has 0 spiro atoms. The van der Waals surface area contributed by atoms with Gasteiger partial charge in [-0.2, -0.15) is 8.42 Å².